The molecule has 22 heavy (non-hydrogen) atoms. The van der Waals surface area contributed by atoms with Crippen molar-refractivity contribution in [2.24, 2.45) is 0 Å². The van der Waals surface area contributed by atoms with E-state index < -0.39 is 5.97 Å². The molecule has 7 heteroatoms. The Balaban J connectivity index is 2.05. The minimum absolute atomic E-state index is 0.0418. The van der Waals surface area contributed by atoms with Crippen molar-refractivity contribution >= 4 is 23.3 Å². The Kier molecular flexibility index (Phi) is 3.38. The SMILES string of the molecule is CN(Cc1ccccc1)c1ccc2nc(N)nn2c1C(=O)O. The number of hydrogen-bond acceptors (Lipinski definition) is 5. The summed E-state index contributed by atoms with van der Waals surface area (Å²) >= 11 is 0. The molecule has 0 radical (unpaired) electrons. The third kappa shape index (κ3) is 2.44. The first kappa shape index (κ1) is 13.9. The lowest BCUT2D eigenvalue weighted by atomic mass is 10.2. The van der Waals surface area contributed by atoms with Crippen LogP contribution in [0.4, 0.5) is 11.6 Å². The standard InChI is InChI=1S/C15H15N5O2/c1-19(9-10-5-3-2-4-6-10)11-7-8-12-17-15(16)18-20(12)13(11)14(21)22/h2-8H,9H2,1H3,(H2,16,18)(H,21,22). The average molecular weight is 297 g/mol. The number of aromatic nitrogens is 3. The van der Waals surface area contributed by atoms with E-state index in [4.69, 9.17) is 5.73 Å². The molecule has 0 unspecified atom stereocenters. The molecule has 0 fully saturated rings. The molecule has 7 nitrogen and oxygen atoms in total. The number of nitrogen functional groups attached to an aromatic ring is 1. The highest BCUT2D eigenvalue weighted by molar-refractivity contribution is 5.93. The minimum Gasteiger partial charge on any atom is -0.476 e. The van der Waals surface area contributed by atoms with Gasteiger partial charge < -0.3 is 15.7 Å². The van der Waals surface area contributed by atoms with Crippen molar-refractivity contribution in [1.82, 2.24) is 14.6 Å². The van der Waals surface area contributed by atoms with E-state index >= 15 is 0 Å². The van der Waals surface area contributed by atoms with Crippen molar-refractivity contribution in [2.45, 2.75) is 6.54 Å². The molecule has 0 saturated carbocycles. The predicted molar refractivity (Wildman–Crippen MR) is 82.9 cm³/mol. The Bertz CT molecular complexity index is 829. The van der Waals surface area contributed by atoms with E-state index in [1.165, 1.54) is 4.52 Å². The summed E-state index contributed by atoms with van der Waals surface area (Å²) in [6, 6.07) is 13.2. The molecule has 1 aromatic carbocycles. The van der Waals surface area contributed by atoms with E-state index in [-0.39, 0.29) is 11.6 Å². The van der Waals surface area contributed by atoms with Crippen molar-refractivity contribution in [3.8, 4) is 0 Å². The summed E-state index contributed by atoms with van der Waals surface area (Å²) in [5.74, 6) is -1.03. The van der Waals surface area contributed by atoms with Gasteiger partial charge in [0.25, 0.3) is 0 Å². The molecule has 0 aliphatic heterocycles. The van der Waals surface area contributed by atoms with Crippen LogP contribution in [-0.4, -0.2) is 32.7 Å². The van der Waals surface area contributed by atoms with E-state index in [0.717, 1.165) is 5.56 Å². The van der Waals surface area contributed by atoms with Crippen LogP contribution in [-0.2, 0) is 6.54 Å². The van der Waals surface area contributed by atoms with Gasteiger partial charge in [-0.3, -0.25) is 0 Å². The number of fused-ring (bicyclic) bond motifs is 1. The largest absolute Gasteiger partial charge is 0.476 e. The molecule has 0 spiro atoms. The Morgan fingerprint density at radius 1 is 1.27 bits per heavy atom. The van der Waals surface area contributed by atoms with Crippen LogP contribution in [0.3, 0.4) is 0 Å². The molecule has 0 aliphatic rings. The number of carboxylic acids is 1. The lowest BCUT2D eigenvalue weighted by Crippen LogP contribution is -2.21. The number of rotatable bonds is 4. The van der Waals surface area contributed by atoms with Gasteiger partial charge >= 0.3 is 5.97 Å². The van der Waals surface area contributed by atoms with Gasteiger partial charge in [-0.05, 0) is 17.7 Å². The Morgan fingerprint density at radius 3 is 2.68 bits per heavy atom. The summed E-state index contributed by atoms with van der Waals surface area (Å²) in [7, 11) is 1.83. The van der Waals surface area contributed by atoms with Crippen LogP contribution in [0.1, 0.15) is 16.1 Å². The fourth-order valence-corrected chi connectivity index (χ4v) is 2.40. The number of pyridine rings is 1. The van der Waals surface area contributed by atoms with Gasteiger partial charge in [0, 0.05) is 13.6 Å². The number of carbonyl (C=O) groups is 1. The quantitative estimate of drug-likeness (QED) is 0.760. The minimum atomic E-state index is -1.08. The van der Waals surface area contributed by atoms with Crippen molar-refractivity contribution in [3.63, 3.8) is 0 Å². The monoisotopic (exact) mass is 297 g/mol. The maximum absolute atomic E-state index is 11.6. The lowest BCUT2D eigenvalue weighted by Gasteiger charge is -2.21. The maximum Gasteiger partial charge on any atom is 0.356 e. The van der Waals surface area contributed by atoms with E-state index in [0.29, 0.717) is 17.9 Å². The third-order valence-corrected chi connectivity index (χ3v) is 3.37. The van der Waals surface area contributed by atoms with E-state index in [1.54, 1.807) is 12.1 Å². The van der Waals surface area contributed by atoms with E-state index in [2.05, 4.69) is 10.1 Å². The molecule has 112 valence electrons. The molecule has 3 rings (SSSR count). The van der Waals surface area contributed by atoms with Crippen molar-refractivity contribution in [2.75, 3.05) is 17.7 Å². The van der Waals surface area contributed by atoms with Gasteiger partial charge in [-0.25, -0.2) is 9.31 Å². The fraction of sp³-hybridized carbons (Fsp3) is 0.133. The second-order valence-corrected chi connectivity index (χ2v) is 4.95. The van der Waals surface area contributed by atoms with Gasteiger partial charge in [-0.1, -0.05) is 30.3 Å². The summed E-state index contributed by atoms with van der Waals surface area (Å²) in [5.41, 5.74) is 7.64. The van der Waals surface area contributed by atoms with Crippen LogP contribution in [0.5, 0.6) is 0 Å². The molecule has 2 heterocycles. The third-order valence-electron chi connectivity index (χ3n) is 3.37. The fourth-order valence-electron chi connectivity index (χ4n) is 2.40. The maximum atomic E-state index is 11.6. The molecule has 2 aromatic heterocycles. The topological polar surface area (TPSA) is 96.8 Å². The molecule has 0 amide bonds. The van der Waals surface area contributed by atoms with Crippen molar-refractivity contribution in [1.29, 1.82) is 0 Å². The summed E-state index contributed by atoms with van der Waals surface area (Å²) < 4.78 is 1.26. The average Bonchev–Trinajstić information content (AvgIpc) is 2.86. The van der Waals surface area contributed by atoms with Gasteiger partial charge in [-0.15, -0.1) is 5.10 Å². The highest BCUT2D eigenvalue weighted by Gasteiger charge is 2.19. The zero-order valence-electron chi connectivity index (χ0n) is 12.0. The Morgan fingerprint density at radius 2 is 2.00 bits per heavy atom. The van der Waals surface area contributed by atoms with E-state index in [1.807, 2.05) is 42.3 Å². The molecule has 0 aliphatic carbocycles. The van der Waals surface area contributed by atoms with Gasteiger partial charge in [0.2, 0.25) is 5.95 Å². The predicted octanol–water partition coefficient (Wildman–Crippen LogP) is 1.65. The van der Waals surface area contributed by atoms with Crippen LogP contribution < -0.4 is 10.6 Å². The highest BCUT2D eigenvalue weighted by Crippen LogP contribution is 2.23. The first-order valence-corrected chi connectivity index (χ1v) is 6.70. The second-order valence-electron chi connectivity index (χ2n) is 4.95. The molecule has 0 bridgehead atoms. The van der Waals surface area contributed by atoms with Gasteiger partial charge in [0.15, 0.2) is 11.3 Å². The Labute approximate surface area is 126 Å². The van der Waals surface area contributed by atoms with Crippen molar-refractivity contribution < 1.29 is 9.90 Å². The van der Waals surface area contributed by atoms with Gasteiger partial charge in [0.1, 0.15) is 0 Å². The van der Waals surface area contributed by atoms with Gasteiger partial charge in [-0.2, -0.15) is 4.98 Å². The van der Waals surface area contributed by atoms with Gasteiger partial charge in [0.05, 0.1) is 5.69 Å². The molecule has 0 saturated heterocycles. The summed E-state index contributed by atoms with van der Waals surface area (Å²) in [6.07, 6.45) is 0. The van der Waals surface area contributed by atoms with Crippen LogP contribution in [0.25, 0.3) is 5.65 Å². The number of nitrogens with zero attached hydrogens (tertiary/aromatic N) is 4. The zero-order valence-corrected chi connectivity index (χ0v) is 12.0. The summed E-state index contributed by atoms with van der Waals surface area (Å²) in [4.78, 5) is 17.5. The van der Waals surface area contributed by atoms with Crippen LogP contribution in [0.2, 0.25) is 0 Å². The zero-order chi connectivity index (χ0) is 15.7. The van der Waals surface area contributed by atoms with Crippen molar-refractivity contribution in [3.05, 3.63) is 53.7 Å². The number of benzene rings is 1. The first-order chi connectivity index (χ1) is 10.6. The number of carboxylic acid groups (broad SMARTS) is 1. The smallest absolute Gasteiger partial charge is 0.356 e. The number of hydrogen-bond donors (Lipinski definition) is 2. The van der Waals surface area contributed by atoms with Crippen LogP contribution in [0, 0.1) is 0 Å². The molecular formula is C15H15N5O2. The van der Waals surface area contributed by atoms with Crippen LogP contribution >= 0.6 is 0 Å². The second kappa shape index (κ2) is 5.36. The number of nitrogens with two attached hydrogens (primary N) is 1. The summed E-state index contributed by atoms with van der Waals surface area (Å²) in [6.45, 7) is 0.580. The molecule has 0 atom stereocenters. The first-order valence-electron chi connectivity index (χ1n) is 6.70. The number of aromatic carboxylic acids is 1. The van der Waals surface area contributed by atoms with E-state index in [9.17, 15) is 9.90 Å². The highest BCUT2D eigenvalue weighted by atomic mass is 16.4. The Hall–Kier alpha value is -3.09. The summed E-state index contributed by atoms with van der Waals surface area (Å²) in [5, 5.41) is 13.5. The lowest BCUT2D eigenvalue weighted by molar-refractivity contribution is 0.0688. The molecule has 3 aromatic rings. The number of anilines is 2. The molecule has 3 N–H and O–H groups in total. The normalized spacial score (nSPS) is 10.8. The molecular weight excluding hydrogens is 282 g/mol. The van der Waals surface area contributed by atoms with Crippen LogP contribution in [0.15, 0.2) is 42.5 Å².